The third-order valence-electron chi connectivity index (χ3n) is 2.74. The topological polar surface area (TPSA) is 46.3 Å². The van der Waals surface area contributed by atoms with Gasteiger partial charge in [0.25, 0.3) is 0 Å². The van der Waals surface area contributed by atoms with Crippen LogP contribution in [-0.2, 0) is 4.79 Å². The number of amides is 1. The van der Waals surface area contributed by atoms with E-state index in [1.54, 1.807) is 0 Å². The van der Waals surface area contributed by atoms with E-state index in [1.807, 2.05) is 25.8 Å². The molecule has 3 heteroatoms. The maximum Gasteiger partial charge on any atom is 0.228 e. The molecule has 0 aromatic heterocycles. The van der Waals surface area contributed by atoms with Crippen LogP contribution in [-0.4, -0.2) is 30.9 Å². The highest BCUT2D eigenvalue weighted by molar-refractivity contribution is 5.81. The lowest BCUT2D eigenvalue weighted by atomic mass is 9.87. The SMILES string of the molecule is CC(C)CCN(C)C(=O)C(C)(C)CCN. The molecule has 0 unspecified atom stereocenters. The lowest BCUT2D eigenvalue weighted by Gasteiger charge is -2.29. The second kappa shape index (κ2) is 6.11. The van der Waals surface area contributed by atoms with Crippen LogP contribution in [0.4, 0.5) is 0 Å². The standard InChI is InChI=1S/C12H26N2O/c1-10(2)6-9-14(5)11(15)12(3,4)7-8-13/h10H,6-9,13H2,1-5H3. The van der Waals surface area contributed by atoms with E-state index in [9.17, 15) is 4.79 Å². The maximum absolute atomic E-state index is 12.0. The Labute approximate surface area is 94.0 Å². The molecule has 0 heterocycles. The summed E-state index contributed by atoms with van der Waals surface area (Å²) in [6.45, 7) is 9.68. The molecule has 90 valence electrons. The Morgan fingerprint density at radius 2 is 1.93 bits per heavy atom. The Hall–Kier alpha value is -0.570. The Kier molecular flexibility index (Phi) is 5.88. The van der Waals surface area contributed by atoms with E-state index in [4.69, 9.17) is 5.73 Å². The molecule has 2 N–H and O–H groups in total. The summed E-state index contributed by atoms with van der Waals surface area (Å²) in [5.74, 6) is 0.839. The fraction of sp³-hybridized carbons (Fsp3) is 0.917. The number of rotatable bonds is 6. The molecule has 0 aliphatic heterocycles. The number of carbonyl (C=O) groups excluding carboxylic acids is 1. The van der Waals surface area contributed by atoms with Crippen LogP contribution in [0.5, 0.6) is 0 Å². The first kappa shape index (κ1) is 14.4. The number of nitrogens with zero attached hydrogens (tertiary/aromatic N) is 1. The molecule has 3 nitrogen and oxygen atoms in total. The molecule has 0 aromatic carbocycles. The second-order valence-electron chi connectivity index (χ2n) is 5.33. The zero-order valence-electron chi connectivity index (χ0n) is 10.8. The predicted molar refractivity (Wildman–Crippen MR) is 64.5 cm³/mol. The first-order chi connectivity index (χ1) is 6.81. The van der Waals surface area contributed by atoms with Crippen LogP contribution in [0.2, 0.25) is 0 Å². The van der Waals surface area contributed by atoms with Gasteiger partial charge in [-0.15, -0.1) is 0 Å². The van der Waals surface area contributed by atoms with Gasteiger partial charge in [0.05, 0.1) is 0 Å². The van der Waals surface area contributed by atoms with Crippen LogP contribution in [0, 0.1) is 11.3 Å². The summed E-state index contributed by atoms with van der Waals surface area (Å²) in [4.78, 5) is 13.9. The van der Waals surface area contributed by atoms with Crippen molar-refractivity contribution in [1.82, 2.24) is 4.90 Å². The van der Waals surface area contributed by atoms with E-state index in [2.05, 4.69) is 13.8 Å². The van der Waals surface area contributed by atoms with E-state index in [-0.39, 0.29) is 11.3 Å². The minimum Gasteiger partial charge on any atom is -0.345 e. The van der Waals surface area contributed by atoms with Crippen LogP contribution in [0.3, 0.4) is 0 Å². The minimum absolute atomic E-state index is 0.202. The summed E-state index contributed by atoms with van der Waals surface area (Å²) in [5, 5.41) is 0. The van der Waals surface area contributed by atoms with Crippen molar-refractivity contribution in [2.75, 3.05) is 20.1 Å². The molecule has 0 aliphatic carbocycles. The maximum atomic E-state index is 12.0. The van der Waals surface area contributed by atoms with E-state index in [0.29, 0.717) is 12.5 Å². The molecule has 15 heavy (non-hydrogen) atoms. The average molecular weight is 214 g/mol. The van der Waals surface area contributed by atoms with Crippen LogP contribution in [0.15, 0.2) is 0 Å². The zero-order valence-corrected chi connectivity index (χ0v) is 10.8. The molecule has 0 atom stereocenters. The molecule has 0 aromatic rings. The fourth-order valence-corrected chi connectivity index (χ4v) is 1.54. The van der Waals surface area contributed by atoms with E-state index >= 15 is 0 Å². The lowest BCUT2D eigenvalue weighted by Crippen LogP contribution is -2.40. The van der Waals surface area contributed by atoms with Gasteiger partial charge >= 0.3 is 0 Å². The van der Waals surface area contributed by atoms with E-state index in [0.717, 1.165) is 19.4 Å². The van der Waals surface area contributed by atoms with Crippen molar-refractivity contribution in [3.63, 3.8) is 0 Å². The lowest BCUT2D eigenvalue weighted by molar-refractivity contribution is -0.139. The van der Waals surface area contributed by atoms with Gasteiger partial charge < -0.3 is 10.6 Å². The van der Waals surface area contributed by atoms with Gasteiger partial charge in [-0.3, -0.25) is 4.79 Å². The summed E-state index contributed by atoms with van der Waals surface area (Å²) < 4.78 is 0. The van der Waals surface area contributed by atoms with Crippen molar-refractivity contribution < 1.29 is 4.79 Å². The van der Waals surface area contributed by atoms with Crippen LogP contribution < -0.4 is 5.73 Å². The molecule has 0 fully saturated rings. The Morgan fingerprint density at radius 1 is 1.40 bits per heavy atom. The highest BCUT2D eigenvalue weighted by Gasteiger charge is 2.29. The third kappa shape index (κ3) is 5.17. The zero-order chi connectivity index (χ0) is 12.1. The molecule has 0 bridgehead atoms. The van der Waals surface area contributed by atoms with Crippen molar-refractivity contribution in [1.29, 1.82) is 0 Å². The molecule has 1 amide bonds. The summed E-state index contributed by atoms with van der Waals surface area (Å²) in [7, 11) is 1.88. The summed E-state index contributed by atoms with van der Waals surface area (Å²) in [6, 6.07) is 0. The minimum atomic E-state index is -0.319. The van der Waals surface area contributed by atoms with Gasteiger partial charge in [-0.05, 0) is 25.3 Å². The normalized spacial score (nSPS) is 11.9. The molecule has 0 saturated heterocycles. The second-order valence-corrected chi connectivity index (χ2v) is 5.33. The first-order valence-electron chi connectivity index (χ1n) is 5.77. The summed E-state index contributed by atoms with van der Waals surface area (Å²) >= 11 is 0. The largest absolute Gasteiger partial charge is 0.345 e. The van der Waals surface area contributed by atoms with Crippen LogP contribution in [0.25, 0.3) is 0 Å². The molecule has 0 aliphatic rings. The highest BCUT2D eigenvalue weighted by Crippen LogP contribution is 2.22. The quantitative estimate of drug-likeness (QED) is 0.733. The van der Waals surface area contributed by atoms with Gasteiger partial charge in [0.15, 0.2) is 0 Å². The smallest absolute Gasteiger partial charge is 0.228 e. The van der Waals surface area contributed by atoms with Gasteiger partial charge in [-0.25, -0.2) is 0 Å². The first-order valence-corrected chi connectivity index (χ1v) is 5.77. The summed E-state index contributed by atoms with van der Waals surface area (Å²) in [6.07, 6.45) is 1.80. The van der Waals surface area contributed by atoms with Crippen molar-refractivity contribution in [2.24, 2.45) is 17.1 Å². The van der Waals surface area contributed by atoms with E-state index < -0.39 is 0 Å². The van der Waals surface area contributed by atoms with E-state index in [1.165, 1.54) is 0 Å². The van der Waals surface area contributed by atoms with Gasteiger partial charge in [0, 0.05) is 19.0 Å². The van der Waals surface area contributed by atoms with Gasteiger partial charge in [-0.1, -0.05) is 27.7 Å². The third-order valence-corrected chi connectivity index (χ3v) is 2.74. The van der Waals surface area contributed by atoms with Crippen LogP contribution >= 0.6 is 0 Å². The Balaban J connectivity index is 4.18. The Morgan fingerprint density at radius 3 is 2.33 bits per heavy atom. The molecule has 0 rings (SSSR count). The number of hydrogen-bond donors (Lipinski definition) is 1. The molecular formula is C12H26N2O. The highest BCUT2D eigenvalue weighted by atomic mass is 16.2. The number of nitrogens with two attached hydrogens (primary N) is 1. The number of carbonyl (C=O) groups is 1. The van der Waals surface area contributed by atoms with Crippen molar-refractivity contribution in [3.8, 4) is 0 Å². The molecule has 0 radical (unpaired) electrons. The van der Waals surface area contributed by atoms with Crippen molar-refractivity contribution in [2.45, 2.75) is 40.5 Å². The van der Waals surface area contributed by atoms with Crippen molar-refractivity contribution in [3.05, 3.63) is 0 Å². The molecule has 0 saturated carbocycles. The number of hydrogen-bond acceptors (Lipinski definition) is 2. The van der Waals surface area contributed by atoms with Crippen molar-refractivity contribution >= 4 is 5.91 Å². The molecular weight excluding hydrogens is 188 g/mol. The fourth-order valence-electron chi connectivity index (χ4n) is 1.54. The van der Waals surface area contributed by atoms with Crippen LogP contribution in [0.1, 0.15) is 40.5 Å². The molecule has 0 spiro atoms. The predicted octanol–water partition coefficient (Wildman–Crippen LogP) is 1.87. The van der Waals surface area contributed by atoms with Gasteiger partial charge in [-0.2, -0.15) is 0 Å². The average Bonchev–Trinajstić information content (AvgIpc) is 2.12. The Bertz CT molecular complexity index is 200. The summed E-state index contributed by atoms with van der Waals surface area (Å²) in [5.41, 5.74) is 5.19. The monoisotopic (exact) mass is 214 g/mol. The van der Waals surface area contributed by atoms with Gasteiger partial charge in [0.1, 0.15) is 0 Å². The van der Waals surface area contributed by atoms with Gasteiger partial charge in [0.2, 0.25) is 5.91 Å².